The molecule has 2 heterocycles. The number of aromatic nitrogens is 2. The van der Waals surface area contributed by atoms with Crippen LogP contribution in [0.4, 0.5) is 4.79 Å². The SMILES string of the molecule is C=CCn1c(SCC(=O)NC(=O)NCc2ccccc2)nc2sc3c(c2c1=O)CCCCC3. The van der Waals surface area contributed by atoms with Crippen LogP contribution >= 0.6 is 23.1 Å². The Morgan fingerprint density at radius 3 is 2.76 bits per heavy atom. The van der Waals surface area contributed by atoms with Crippen LogP contribution in [0.5, 0.6) is 0 Å². The first-order valence-electron chi connectivity index (χ1n) is 11.0. The van der Waals surface area contributed by atoms with Crippen LogP contribution < -0.4 is 16.2 Å². The van der Waals surface area contributed by atoms with Crippen molar-refractivity contribution in [2.45, 2.75) is 50.4 Å². The van der Waals surface area contributed by atoms with Crippen molar-refractivity contribution in [1.29, 1.82) is 0 Å². The van der Waals surface area contributed by atoms with E-state index < -0.39 is 11.9 Å². The van der Waals surface area contributed by atoms with Crippen LogP contribution in [0.1, 0.15) is 35.3 Å². The standard InChI is InChI=1S/C24H26N4O3S2/c1-2-13-28-22(30)20-17-11-7-4-8-12-18(17)33-21(20)27-24(28)32-15-19(29)26-23(31)25-14-16-9-5-3-6-10-16/h2-3,5-6,9-10H,1,4,7-8,11-15H2,(H2,25,26,29,31). The Labute approximate surface area is 200 Å². The maximum atomic E-state index is 13.3. The van der Waals surface area contributed by atoms with Gasteiger partial charge < -0.3 is 5.32 Å². The van der Waals surface area contributed by atoms with Crippen molar-refractivity contribution in [2.24, 2.45) is 0 Å². The molecule has 0 radical (unpaired) electrons. The predicted molar refractivity (Wildman–Crippen MR) is 133 cm³/mol. The predicted octanol–water partition coefficient (Wildman–Crippen LogP) is 4.03. The summed E-state index contributed by atoms with van der Waals surface area (Å²) in [6.45, 7) is 4.40. The number of nitrogens with one attached hydrogen (secondary N) is 2. The lowest BCUT2D eigenvalue weighted by Gasteiger charge is -2.11. The van der Waals surface area contributed by atoms with Crippen LogP contribution in [0, 0.1) is 0 Å². The number of allylic oxidation sites excluding steroid dienone is 1. The smallest absolute Gasteiger partial charge is 0.321 e. The molecule has 1 aliphatic rings. The second-order valence-electron chi connectivity index (χ2n) is 7.85. The third-order valence-corrected chi connectivity index (χ3v) is 7.64. The Balaban J connectivity index is 1.45. The van der Waals surface area contributed by atoms with Crippen molar-refractivity contribution in [3.05, 3.63) is 69.3 Å². The van der Waals surface area contributed by atoms with Crippen molar-refractivity contribution < 1.29 is 9.59 Å². The molecule has 33 heavy (non-hydrogen) atoms. The Kier molecular flexibility index (Phi) is 7.61. The molecule has 0 fully saturated rings. The van der Waals surface area contributed by atoms with Gasteiger partial charge in [0.1, 0.15) is 4.83 Å². The Bertz CT molecular complexity index is 1230. The number of hydrogen-bond donors (Lipinski definition) is 2. The lowest BCUT2D eigenvalue weighted by Crippen LogP contribution is -2.40. The number of hydrogen-bond acceptors (Lipinski definition) is 6. The first kappa shape index (κ1) is 23.3. The van der Waals surface area contributed by atoms with Gasteiger partial charge in [0.25, 0.3) is 5.56 Å². The third kappa shape index (κ3) is 5.54. The van der Waals surface area contributed by atoms with Gasteiger partial charge in [0, 0.05) is 18.0 Å². The maximum Gasteiger partial charge on any atom is 0.321 e. The summed E-state index contributed by atoms with van der Waals surface area (Å²) in [5, 5.41) is 6.17. The number of aryl methyl sites for hydroxylation is 2. The van der Waals surface area contributed by atoms with Crippen LogP contribution in [0.3, 0.4) is 0 Å². The molecule has 172 valence electrons. The van der Waals surface area contributed by atoms with E-state index in [2.05, 4.69) is 17.2 Å². The fourth-order valence-electron chi connectivity index (χ4n) is 3.91. The van der Waals surface area contributed by atoms with Gasteiger partial charge in [-0.15, -0.1) is 17.9 Å². The zero-order chi connectivity index (χ0) is 23.2. The molecule has 4 rings (SSSR count). The minimum absolute atomic E-state index is 0.0288. The van der Waals surface area contributed by atoms with Crippen LogP contribution in [-0.4, -0.2) is 27.2 Å². The van der Waals surface area contributed by atoms with E-state index in [-0.39, 0.29) is 11.3 Å². The fourth-order valence-corrected chi connectivity index (χ4v) is 6.02. The van der Waals surface area contributed by atoms with Crippen molar-refractivity contribution in [3.8, 4) is 0 Å². The van der Waals surface area contributed by atoms with Gasteiger partial charge >= 0.3 is 6.03 Å². The van der Waals surface area contributed by atoms with E-state index in [9.17, 15) is 14.4 Å². The summed E-state index contributed by atoms with van der Waals surface area (Å²) in [7, 11) is 0. The van der Waals surface area contributed by atoms with Crippen molar-refractivity contribution in [2.75, 3.05) is 5.75 Å². The number of thiophene rings is 1. The topological polar surface area (TPSA) is 93.1 Å². The van der Waals surface area contributed by atoms with Gasteiger partial charge in [-0.3, -0.25) is 19.5 Å². The molecule has 0 saturated carbocycles. The van der Waals surface area contributed by atoms with E-state index in [4.69, 9.17) is 4.98 Å². The molecule has 1 aliphatic carbocycles. The number of nitrogens with zero attached hydrogens (tertiary/aromatic N) is 2. The van der Waals surface area contributed by atoms with Gasteiger partial charge in [-0.2, -0.15) is 0 Å². The normalized spacial score (nSPS) is 13.2. The largest absolute Gasteiger partial charge is 0.334 e. The number of urea groups is 1. The third-order valence-electron chi connectivity index (χ3n) is 5.48. The molecule has 0 aliphatic heterocycles. The highest BCUT2D eigenvalue weighted by Crippen LogP contribution is 2.34. The van der Waals surface area contributed by atoms with Gasteiger partial charge in [0.05, 0.1) is 11.1 Å². The second kappa shape index (κ2) is 10.8. The minimum Gasteiger partial charge on any atom is -0.334 e. The van der Waals surface area contributed by atoms with E-state index in [1.165, 1.54) is 11.3 Å². The van der Waals surface area contributed by atoms with E-state index in [1.54, 1.807) is 22.0 Å². The lowest BCUT2D eigenvalue weighted by molar-refractivity contribution is -0.117. The van der Waals surface area contributed by atoms with E-state index in [0.29, 0.717) is 23.6 Å². The number of benzene rings is 1. The average molecular weight is 483 g/mol. The minimum atomic E-state index is -0.557. The van der Waals surface area contributed by atoms with E-state index in [1.807, 2.05) is 30.3 Å². The summed E-state index contributed by atoms with van der Waals surface area (Å²) >= 11 is 2.74. The quantitative estimate of drug-likeness (QED) is 0.230. The molecule has 9 heteroatoms. The maximum absolute atomic E-state index is 13.3. The van der Waals surface area contributed by atoms with Crippen LogP contribution in [0.2, 0.25) is 0 Å². The zero-order valence-electron chi connectivity index (χ0n) is 18.3. The Hall–Kier alpha value is -2.91. The summed E-state index contributed by atoms with van der Waals surface area (Å²) in [5.74, 6) is -0.481. The number of amides is 3. The van der Waals surface area contributed by atoms with Gasteiger partial charge in [0.15, 0.2) is 5.16 Å². The number of rotatable bonds is 7. The van der Waals surface area contributed by atoms with Crippen LogP contribution in [-0.2, 0) is 30.7 Å². The Morgan fingerprint density at radius 1 is 1.18 bits per heavy atom. The summed E-state index contributed by atoms with van der Waals surface area (Å²) < 4.78 is 1.57. The second-order valence-corrected chi connectivity index (χ2v) is 9.87. The number of carbonyl (C=O) groups excluding carboxylic acids is 2. The highest BCUT2D eigenvalue weighted by atomic mass is 32.2. The number of imide groups is 1. The number of carbonyl (C=O) groups is 2. The molecule has 3 aromatic rings. The van der Waals surface area contributed by atoms with Crippen LogP contribution in [0.15, 0.2) is 52.9 Å². The molecule has 0 saturated heterocycles. The van der Waals surface area contributed by atoms with Crippen LogP contribution in [0.25, 0.3) is 10.2 Å². The summed E-state index contributed by atoms with van der Waals surface area (Å²) in [6.07, 6.45) is 6.95. The van der Waals surface area contributed by atoms with Gasteiger partial charge in [-0.1, -0.05) is 54.6 Å². The molecule has 0 bridgehead atoms. The van der Waals surface area contributed by atoms with Crippen molar-refractivity contribution in [3.63, 3.8) is 0 Å². The zero-order valence-corrected chi connectivity index (χ0v) is 19.9. The van der Waals surface area contributed by atoms with Gasteiger partial charge in [0.2, 0.25) is 5.91 Å². The Morgan fingerprint density at radius 2 is 1.97 bits per heavy atom. The fraction of sp³-hybridized carbons (Fsp3) is 0.333. The highest BCUT2D eigenvalue weighted by Gasteiger charge is 2.21. The van der Waals surface area contributed by atoms with E-state index >= 15 is 0 Å². The van der Waals surface area contributed by atoms with Gasteiger partial charge in [-0.05, 0) is 36.8 Å². The monoisotopic (exact) mass is 482 g/mol. The first-order chi connectivity index (χ1) is 16.1. The molecular weight excluding hydrogens is 456 g/mol. The summed E-state index contributed by atoms with van der Waals surface area (Å²) in [6, 6.07) is 8.89. The van der Waals surface area contributed by atoms with E-state index in [0.717, 1.165) is 53.4 Å². The molecular formula is C24H26N4O3S2. The number of thioether (sulfide) groups is 1. The summed E-state index contributed by atoms with van der Waals surface area (Å²) in [4.78, 5) is 44.4. The highest BCUT2D eigenvalue weighted by molar-refractivity contribution is 7.99. The molecule has 0 spiro atoms. The molecule has 3 amide bonds. The molecule has 0 atom stereocenters. The first-order valence-corrected chi connectivity index (χ1v) is 12.8. The van der Waals surface area contributed by atoms with Crippen molar-refractivity contribution in [1.82, 2.24) is 20.2 Å². The molecule has 0 unspecified atom stereocenters. The average Bonchev–Trinajstić information content (AvgIpc) is 3.00. The van der Waals surface area contributed by atoms with Gasteiger partial charge in [-0.25, -0.2) is 9.78 Å². The molecule has 2 N–H and O–H groups in total. The molecule has 1 aromatic carbocycles. The lowest BCUT2D eigenvalue weighted by atomic mass is 10.1. The molecule has 7 nitrogen and oxygen atoms in total. The summed E-state index contributed by atoms with van der Waals surface area (Å²) in [5.41, 5.74) is 2.00. The number of fused-ring (bicyclic) bond motifs is 3. The molecule has 2 aromatic heterocycles. The van der Waals surface area contributed by atoms with Crippen molar-refractivity contribution >= 4 is 45.3 Å².